The zero-order chi connectivity index (χ0) is 15.1. The molecule has 1 aromatic carbocycles. The fourth-order valence-electron chi connectivity index (χ4n) is 1.95. The Kier molecular flexibility index (Phi) is 6.03. The summed E-state index contributed by atoms with van der Waals surface area (Å²) >= 11 is 0. The highest BCUT2D eigenvalue weighted by molar-refractivity contribution is 5.84. The maximum atomic E-state index is 11.9. The molecular formula is C15H21NO4. The molecule has 1 rings (SSSR count). The first-order valence-corrected chi connectivity index (χ1v) is 6.63. The van der Waals surface area contributed by atoms with Crippen LogP contribution in [0, 0.1) is 6.92 Å². The summed E-state index contributed by atoms with van der Waals surface area (Å²) in [5.41, 5.74) is 1.79. The highest BCUT2D eigenvalue weighted by Gasteiger charge is 2.18. The van der Waals surface area contributed by atoms with Gasteiger partial charge in [0.25, 0.3) is 0 Å². The smallest absolute Gasteiger partial charge is 0.326 e. The zero-order valence-electron chi connectivity index (χ0n) is 12.1. The van der Waals surface area contributed by atoms with Crippen LogP contribution in [-0.2, 0) is 16.0 Å². The highest BCUT2D eigenvalue weighted by Crippen LogP contribution is 2.19. The SMILES string of the molecule is CCC[C@@H](NC(=O)Cc1ccc(C)c(OC)c1)C(=O)O. The average Bonchev–Trinajstić information content (AvgIpc) is 2.40. The standard InChI is InChI=1S/C15H21NO4/c1-4-5-12(15(18)19)16-14(17)9-11-7-6-10(2)13(8-11)20-3/h6-8,12H,4-5,9H2,1-3H3,(H,16,17)(H,18,19)/t12-/m1/s1. The highest BCUT2D eigenvalue weighted by atomic mass is 16.5. The first-order valence-electron chi connectivity index (χ1n) is 6.63. The number of nitrogens with one attached hydrogen (secondary N) is 1. The molecular weight excluding hydrogens is 258 g/mol. The van der Waals surface area contributed by atoms with Gasteiger partial charge in [-0.15, -0.1) is 0 Å². The van der Waals surface area contributed by atoms with Crippen LogP contribution in [0.4, 0.5) is 0 Å². The number of carbonyl (C=O) groups is 2. The van der Waals surface area contributed by atoms with Crippen LogP contribution in [0.2, 0.25) is 0 Å². The molecule has 0 aromatic heterocycles. The summed E-state index contributed by atoms with van der Waals surface area (Å²) in [6.45, 7) is 3.80. The number of carboxylic acids is 1. The number of aliphatic carboxylic acids is 1. The van der Waals surface area contributed by atoms with E-state index in [9.17, 15) is 9.59 Å². The van der Waals surface area contributed by atoms with E-state index in [1.165, 1.54) is 0 Å². The number of hydrogen-bond acceptors (Lipinski definition) is 3. The summed E-state index contributed by atoms with van der Waals surface area (Å²) in [5, 5.41) is 11.5. The van der Waals surface area contributed by atoms with Crippen molar-refractivity contribution in [1.29, 1.82) is 0 Å². The molecule has 5 nitrogen and oxygen atoms in total. The molecule has 0 aliphatic carbocycles. The average molecular weight is 279 g/mol. The van der Waals surface area contributed by atoms with Crippen LogP contribution in [0.25, 0.3) is 0 Å². The van der Waals surface area contributed by atoms with Gasteiger partial charge in [-0.25, -0.2) is 4.79 Å². The number of amides is 1. The van der Waals surface area contributed by atoms with Crippen LogP contribution in [0.5, 0.6) is 5.75 Å². The largest absolute Gasteiger partial charge is 0.496 e. The lowest BCUT2D eigenvalue weighted by Crippen LogP contribution is -2.41. The van der Waals surface area contributed by atoms with Gasteiger partial charge in [0.1, 0.15) is 11.8 Å². The molecule has 110 valence electrons. The van der Waals surface area contributed by atoms with E-state index >= 15 is 0 Å². The van der Waals surface area contributed by atoms with Crippen molar-refractivity contribution in [1.82, 2.24) is 5.32 Å². The minimum Gasteiger partial charge on any atom is -0.496 e. The summed E-state index contributed by atoms with van der Waals surface area (Å²) in [5.74, 6) is -0.572. The molecule has 2 N–H and O–H groups in total. The topological polar surface area (TPSA) is 75.6 Å². The first kappa shape index (κ1) is 16.0. The molecule has 0 saturated heterocycles. The third-order valence-corrected chi connectivity index (χ3v) is 3.05. The van der Waals surface area contributed by atoms with Gasteiger partial charge < -0.3 is 15.2 Å². The van der Waals surface area contributed by atoms with Crippen molar-refractivity contribution >= 4 is 11.9 Å². The predicted octanol–water partition coefficient (Wildman–Crippen LogP) is 1.92. The van der Waals surface area contributed by atoms with Crippen molar-refractivity contribution in [2.24, 2.45) is 0 Å². The molecule has 20 heavy (non-hydrogen) atoms. The van der Waals surface area contributed by atoms with Crippen molar-refractivity contribution in [2.45, 2.75) is 39.2 Å². The normalized spacial score (nSPS) is 11.8. The number of benzene rings is 1. The molecule has 0 fully saturated rings. The predicted molar refractivity (Wildman–Crippen MR) is 75.9 cm³/mol. The van der Waals surface area contributed by atoms with E-state index < -0.39 is 12.0 Å². The minimum absolute atomic E-state index is 0.143. The van der Waals surface area contributed by atoms with Crippen LogP contribution < -0.4 is 10.1 Å². The molecule has 1 atom stereocenters. The van der Waals surface area contributed by atoms with E-state index in [0.29, 0.717) is 12.8 Å². The fraction of sp³-hybridized carbons (Fsp3) is 0.467. The van der Waals surface area contributed by atoms with Crippen molar-refractivity contribution in [3.63, 3.8) is 0 Å². The third-order valence-electron chi connectivity index (χ3n) is 3.05. The van der Waals surface area contributed by atoms with Crippen molar-refractivity contribution in [3.05, 3.63) is 29.3 Å². The van der Waals surface area contributed by atoms with Crippen LogP contribution in [-0.4, -0.2) is 30.1 Å². The van der Waals surface area contributed by atoms with E-state index in [2.05, 4.69) is 5.32 Å². The summed E-state index contributed by atoms with van der Waals surface area (Å²) in [4.78, 5) is 22.9. The second kappa shape index (κ2) is 7.53. The fourth-order valence-corrected chi connectivity index (χ4v) is 1.95. The van der Waals surface area contributed by atoms with Gasteiger partial charge in [0.2, 0.25) is 5.91 Å². The number of carboxylic acid groups (broad SMARTS) is 1. The van der Waals surface area contributed by atoms with E-state index in [1.54, 1.807) is 13.2 Å². The van der Waals surface area contributed by atoms with Gasteiger partial charge in [0.05, 0.1) is 13.5 Å². The molecule has 0 aliphatic rings. The third kappa shape index (κ3) is 4.57. The van der Waals surface area contributed by atoms with Gasteiger partial charge in [0, 0.05) is 0 Å². The molecule has 0 bridgehead atoms. The lowest BCUT2D eigenvalue weighted by atomic mass is 10.1. The minimum atomic E-state index is -0.998. The lowest BCUT2D eigenvalue weighted by Gasteiger charge is -2.14. The molecule has 1 amide bonds. The lowest BCUT2D eigenvalue weighted by molar-refractivity contribution is -0.141. The number of aryl methyl sites for hydroxylation is 1. The first-order chi connectivity index (χ1) is 9.47. The number of rotatable bonds is 7. The maximum absolute atomic E-state index is 11.9. The van der Waals surface area contributed by atoms with Gasteiger partial charge >= 0.3 is 5.97 Å². The van der Waals surface area contributed by atoms with Crippen molar-refractivity contribution in [3.8, 4) is 5.75 Å². The number of methoxy groups -OCH3 is 1. The second-order valence-electron chi connectivity index (χ2n) is 4.73. The summed E-state index contributed by atoms with van der Waals surface area (Å²) in [6.07, 6.45) is 1.28. The number of hydrogen-bond donors (Lipinski definition) is 2. The summed E-state index contributed by atoms with van der Waals surface area (Å²) in [6, 6.07) is 4.69. The van der Waals surface area contributed by atoms with Crippen molar-refractivity contribution < 1.29 is 19.4 Å². The molecule has 0 saturated carbocycles. The Morgan fingerprint density at radius 3 is 2.65 bits per heavy atom. The Morgan fingerprint density at radius 1 is 1.40 bits per heavy atom. The van der Waals surface area contributed by atoms with Gasteiger partial charge in [0.15, 0.2) is 0 Å². The quantitative estimate of drug-likeness (QED) is 0.799. The molecule has 1 aromatic rings. The summed E-state index contributed by atoms with van der Waals surface area (Å²) < 4.78 is 5.20. The zero-order valence-corrected chi connectivity index (χ0v) is 12.1. The molecule has 5 heteroatoms. The van der Waals surface area contributed by atoms with Gasteiger partial charge in [-0.3, -0.25) is 4.79 Å². The Hall–Kier alpha value is -2.04. The Morgan fingerprint density at radius 2 is 2.10 bits per heavy atom. The van der Waals surface area contributed by atoms with Crippen LogP contribution in [0.15, 0.2) is 18.2 Å². The van der Waals surface area contributed by atoms with Crippen LogP contribution in [0.3, 0.4) is 0 Å². The maximum Gasteiger partial charge on any atom is 0.326 e. The molecule has 0 unspecified atom stereocenters. The molecule has 0 aliphatic heterocycles. The summed E-state index contributed by atoms with van der Waals surface area (Å²) in [7, 11) is 1.58. The Balaban J connectivity index is 2.68. The van der Waals surface area contributed by atoms with Gasteiger partial charge in [-0.1, -0.05) is 25.5 Å². The monoisotopic (exact) mass is 279 g/mol. The molecule has 0 spiro atoms. The van der Waals surface area contributed by atoms with E-state index in [4.69, 9.17) is 9.84 Å². The van der Waals surface area contributed by atoms with Gasteiger partial charge in [-0.05, 0) is 30.5 Å². The van der Waals surface area contributed by atoms with Crippen LogP contribution >= 0.6 is 0 Å². The second-order valence-corrected chi connectivity index (χ2v) is 4.73. The number of carbonyl (C=O) groups excluding carboxylic acids is 1. The Bertz CT molecular complexity index is 485. The van der Waals surface area contributed by atoms with Crippen LogP contribution in [0.1, 0.15) is 30.9 Å². The van der Waals surface area contributed by atoms with E-state index in [1.807, 2.05) is 26.0 Å². The van der Waals surface area contributed by atoms with E-state index in [0.717, 1.165) is 16.9 Å². The number of ether oxygens (including phenoxy) is 1. The Labute approximate surface area is 118 Å². The molecule has 0 radical (unpaired) electrons. The van der Waals surface area contributed by atoms with Crippen molar-refractivity contribution in [2.75, 3.05) is 7.11 Å². The molecule has 0 heterocycles. The van der Waals surface area contributed by atoms with E-state index in [-0.39, 0.29) is 12.3 Å². The van der Waals surface area contributed by atoms with Gasteiger partial charge in [-0.2, -0.15) is 0 Å².